The molecule has 1 aliphatic carbocycles. The lowest BCUT2D eigenvalue weighted by molar-refractivity contribution is 0.208. The molecule has 2 heteroatoms. The summed E-state index contributed by atoms with van der Waals surface area (Å²) in [6.45, 7) is 0. The van der Waals surface area contributed by atoms with Crippen LogP contribution in [0.2, 0.25) is 0 Å². The van der Waals surface area contributed by atoms with Gasteiger partial charge in [-0.05, 0) is 37.8 Å². The molecule has 0 amide bonds. The van der Waals surface area contributed by atoms with Crippen LogP contribution in [-0.2, 0) is 0 Å². The van der Waals surface area contributed by atoms with Crippen LogP contribution in [0.25, 0.3) is 0 Å². The van der Waals surface area contributed by atoms with Crippen LogP contribution >= 0.6 is 0 Å². The van der Waals surface area contributed by atoms with Crippen molar-refractivity contribution >= 4 is 0 Å². The lowest BCUT2D eigenvalue weighted by Crippen LogP contribution is -2.10. The quantitative estimate of drug-likeness (QED) is 0.678. The van der Waals surface area contributed by atoms with Crippen molar-refractivity contribution in [1.29, 1.82) is 0 Å². The van der Waals surface area contributed by atoms with Gasteiger partial charge in [-0.15, -0.1) is 0 Å². The van der Waals surface area contributed by atoms with Crippen molar-refractivity contribution in [1.82, 2.24) is 0 Å². The number of ether oxygens (including phenoxy) is 1. The topological polar surface area (TPSA) is 9.23 Å². The highest BCUT2D eigenvalue weighted by molar-refractivity contribution is 5.21. The molecule has 2 rings (SSSR count). The van der Waals surface area contributed by atoms with Gasteiger partial charge in [-0.3, -0.25) is 0 Å². The van der Waals surface area contributed by atoms with E-state index in [1.165, 1.54) is 18.9 Å². The molecule has 13 heavy (non-hydrogen) atoms. The maximum Gasteiger partial charge on any atom is 0.135 e. The molecular weight excluding hydrogens is 167 g/mol. The standard InChI is InChI=1S/C11H12FO/c12-9-4-3-7-11(8-9)13-10-5-1-2-6-10/h3-4,7,10H,1-2,5-6H2. The average molecular weight is 179 g/mol. The number of hydrogen-bond acceptors (Lipinski definition) is 1. The van der Waals surface area contributed by atoms with E-state index >= 15 is 0 Å². The smallest absolute Gasteiger partial charge is 0.135 e. The zero-order valence-corrected chi connectivity index (χ0v) is 7.42. The second-order valence-electron chi connectivity index (χ2n) is 3.39. The van der Waals surface area contributed by atoms with Gasteiger partial charge in [0, 0.05) is 0 Å². The van der Waals surface area contributed by atoms with Crippen molar-refractivity contribution in [3.05, 3.63) is 30.1 Å². The monoisotopic (exact) mass is 179 g/mol. The van der Waals surface area contributed by atoms with Crippen LogP contribution in [0, 0.1) is 11.9 Å². The van der Waals surface area contributed by atoms with Gasteiger partial charge in [0.1, 0.15) is 11.6 Å². The third-order valence-electron chi connectivity index (χ3n) is 2.33. The molecule has 1 radical (unpaired) electrons. The van der Waals surface area contributed by atoms with Gasteiger partial charge in [0.2, 0.25) is 0 Å². The van der Waals surface area contributed by atoms with Crippen LogP contribution in [0.1, 0.15) is 25.7 Å². The summed E-state index contributed by atoms with van der Waals surface area (Å²) < 4.78 is 18.3. The van der Waals surface area contributed by atoms with Gasteiger partial charge in [0.15, 0.2) is 0 Å². The Morgan fingerprint density at radius 1 is 1.31 bits per heavy atom. The van der Waals surface area contributed by atoms with Crippen LogP contribution in [-0.4, -0.2) is 6.10 Å². The van der Waals surface area contributed by atoms with Crippen LogP contribution in [0.5, 0.6) is 5.75 Å². The predicted octanol–water partition coefficient (Wildman–Crippen LogP) is 2.95. The van der Waals surface area contributed by atoms with E-state index < -0.39 is 0 Å². The van der Waals surface area contributed by atoms with Gasteiger partial charge in [0.05, 0.1) is 12.2 Å². The van der Waals surface area contributed by atoms with E-state index in [4.69, 9.17) is 4.74 Å². The van der Waals surface area contributed by atoms with E-state index in [2.05, 4.69) is 6.07 Å². The third kappa shape index (κ3) is 2.20. The Bertz CT molecular complexity index is 279. The maximum absolute atomic E-state index is 12.7. The molecule has 0 spiro atoms. The van der Waals surface area contributed by atoms with E-state index in [0.717, 1.165) is 12.8 Å². The van der Waals surface area contributed by atoms with E-state index in [1.807, 2.05) is 0 Å². The summed E-state index contributed by atoms with van der Waals surface area (Å²) in [5, 5.41) is 0. The molecule has 0 bridgehead atoms. The molecule has 0 unspecified atom stereocenters. The Balaban J connectivity index is 2.00. The van der Waals surface area contributed by atoms with Crippen molar-refractivity contribution in [2.24, 2.45) is 0 Å². The van der Waals surface area contributed by atoms with Crippen LogP contribution in [0.15, 0.2) is 18.2 Å². The number of rotatable bonds is 2. The Hall–Kier alpha value is -1.05. The molecule has 0 atom stereocenters. The summed E-state index contributed by atoms with van der Waals surface area (Å²) in [6, 6.07) is 7.32. The van der Waals surface area contributed by atoms with E-state index in [9.17, 15) is 4.39 Å². The fraction of sp³-hybridized carbons (Fsp3) is 0.455. The first kappa shape index (κ1) is 8.54. The number of halogens is 1. The van der Waals surface area contributed by atoms with E-state index in [0.29, 0.717) is 5.75 Å². The van der Waals surface area contributed by atoms with Crippen molar-refractivity contribution in [2.75, 3.05) is 0 Å². The summed E-state index contributed by atoms with van der Waals surface area (Å²) in [4.78, 5) is 0. The highest BCUT2D eigenvalue weighted by Gasteiger charge is 2.16. The van der Waals surface area contributed by atoms with Gasteiger partial charge in [0.25, 0.3) is 0 Å². The average Bonchev–Trinajstić information content (AvgIpc) is 2.57. The molecule has 1 aromatic rings. The summed E-state index contributed by atoms with van der Waals surface area (Å²) in [6.07, 6.45) is 4.90. The van der Waals surface area contributed by atoms with Crippen LogP contribution < -0.4 is 4.74 Å². The van der Waals surface area contributed by atoms with E-state index in [1.54, 1.807) is 12.1 Å². The largest absolute Gasteiger partial charge is 0.490 e. The Labute approximate surface area is 77.5 Å². The number of hydrogen-bond donors (Lipinski definition) is 0. The summed E-state index contributed by atoms with van der Waals surface area (Å²) in [5.41, 5.74) is 0. The highest BCUT2D eigenvalue weighted by Crippen LogP contribution is 2.23. The zero-order valence-electron chi connectivity index (χ0n) is 7.42. The molecule has 1 nitrogen and oxygen atoms in total. The third-order valence-corrected chi connectivity index (χ3v) is 2.33. The fourth-order valence-corrected chi connectivity index (χ4v) is 1.68. The molecule has 1 aromatic carbocycles. The highest BCUT2D eigenvalue weighted by atomic mass is 19.1. The molecule has 1 fully saturated rings. The Morgan fingerprint density at radius 2 is 2.08 bits per heavy atom. The fourth-order valence-electron chi connectivity index (χ4n) is 1.68. The Morgan fingerprint density at radius 3 is 2.77 bits per heavy atom. The number of benzene rings is 1. The van der Waals surface area contributed by atoms with Gasteiger partial charge in [-0.2, -0.15) is 0 Å². The molecule has 1 aliphatic rings. The molecule has 0 N–H and O–H groups in total. The second-order valence-corrected chi connectivity index (χ2v) is 3.39. The van der Waals surface area contributed by atoms with Crippen LogP contribution in [0.4, 0.5) is 4.39 Å². The Kier molecular flexibility index (Phi) is 2.48. The first-order valence-corrected chi connectivity index (χ1v) is 4.69. The first-order chi connectivity index (χ1) is 6.34. The summed E-state index contributed by atoms with van der Waals surface area (Å²) in [7, 11) is 0. The summed E-state index contributed by atoms with van der Waals surface area (Å²) >= 11 is 0. The zero-order chi connectivity index (χ0) is 9.10. The molecular formula is C11H12FO. The maximum atomic E-state index is 12.7. The van der Waals surface area contributed by atoms with Gasteiger partial charge in [-0.25, -0.2) is 4.39 Å². The van der Waals surface area contributed by atoms with Gasteiger partial charge >= 0.3 is 0 Å². The van der Waals surface area contributed by atoms with Gasteiger partial charge in [-0.1, -0.05) is 6.07 Å². The molecule has 0 aliphatic heterocycles. The van der Waals surface area contributed by atoms with E-state index in [-0.39, 0.29) is 11.9 Å². The molecule has 0 heterocycles. The second kappa shape index (κ2) is 3.77. The molecule has 0 saturated heterocycles. The van der Waals surface area contributed by atoms with Crippen molar-refractivity contribution < 1.29 is 9.13 Å². The van der Waals surface area contributed by atoms with Crippen molar-refractivity contribution in [3.63, 3.8) is 0 Å². The lowest BCUT2D eigenvalue weighted by atomic mass is 10.3. The van der Waals surface area contributed by atoms with Crippen LogP contribution in [0.3, 0.4) is 0 Å². The van der Waals surface area contributed by atoms with Crippen molar-refractivity contribution in [3.8, 4) is 5.75 Å². The molecule has 1 saturated carbocycles. The molecule has 0 aromatic heterocycles. The van der Waals surface area contributed by atoms with Gasteiger partial charge < -0.3 is 4.74 Å². The minimum atomic E-state index is -0.351. The van der Waals surface area contributed by atoms with Crippen molar-refractivity contribution in [2.45, 2.75) is 31.8 Å². The predicted molar refractivity (Wildman–Crippen MR) is 48.1 cm³/mol. The normalized spacial score (nSPS) is 17.6. The lowest BCUT2D eigenvalue weighted by Gasteiger charge is -2.11. The SMILES string of the molecule is Fc1[c]c(OC2CCCC2)ccc1. The summed E-state index contributed by atoms with van der Waals surface area (Å²) in [5.74, 6) is 0.183. The minimum Gasteiger partial charge on any atom is -0.490 e. The first-order valence-electron chi connectivity index (χ1n) is 4.69. The minimum absolute atomic E-state index is 0.276. The molecule has 69 valence electrons.